The highest BCUT2D eigenvalue weighted by Gasteiger charge is 2.03. The molecule has 1 rings (SSSR count). The summed E-state index contributed by atoms with van der Waals surface area (Å²) in [5.74, 6) is 1.23. The van der Waals surface area contributed by atoms with Crippen molar-refractivity contribution in [1.82, 2.24) is 0 Å². The van der Waals surface area contributed by atoms with Crippen LogP contribution in [0.15, 0.2) is 18.2 Å². The van der Waals surface area contributed by atoms with Gasteiger partial charge < -0.3 is 20.9 Å². The second-order valence-electron chi connectivity index (χ2n) is 4.64. The lowest BCUT2D eigenvalue weighted by atomic mass is 10.1. The van der Waals surface area contributed by atoms with Crippen molar-refractivity contribution >= 4 is 11.4 Å². The van der Waals surface area contributed by atoms with Crippen LogP contribution in [0.4, 0.5) is 11.4 Å². The summed E-state index contributed by atoms with van der Waals surface area (Å²) in [6.07, 6.45) is 1.78. The summed E-state index contributed by atoms with van der Waals surface area (Å²) >= 11 is 0. The fourth-order valence-electron chi connectivity index (χ4n) is 1.64. The molecule has 0 bridgehead atoms. The maximum Gasteiger partial charge on any atom is 0.123 e. The molecule has 0 aliphatic carbocycles. The van der Waals surface area contributed by atoms with Crippen molar-refractivity contribution in [1.29, 1.82) is 0 Å². The van der Waals surface area contributed by atoms with Crippen molar-refractivity contribution in [3.8, 4) is 5.75 Å². The van der Waals surface area contributed by atoms with Crippen LogP contribution >= 0.6 is 0 Å². The molecule has 0 aliphatic rings. The lowest BCUT2D eigenvalue weighted by Crippen LogP contribution is -2.12. The summed E-state index contributed by atoms with van der Waals surface area (Å²) < 4.78 is 5.57. The molecule has 4 heteroatoms. The highest BCUT2D eigenvalue weighted by Crippen LogP contribution is 2.23. The molecule has 0 aliphatic heterocycles. The van der Waals surface area contributed by atoms with Crippen LogP contribution in [-0.4, -0.2) is 24.9 Å². The number of benzene rings is 1. The Balaban J connectivity index is 2.56. The fraction of sp³-hybridized carbons (Fsp3) is 0.571. The first-order chi connectivity index (χ1) is 8.65. The van der Waals surface area contributed by atoms with Crippen LogP contribution < -0.4 is 15.8 Å². The van der Waals surface area contributed by atoms with E-state index in [0.717, 1.165) is 30.8 Å². The van der Waals surface area contributed by atoms with E-state index in [-0.39, 0.29) is 6.61 Å². The standard InChI is InChI=1S/C14H24N2O2/c1-3-6-18-14-8-12(15)7-13(9-14)16-10-11(2)4-5-17/h7-9,11,16-17H,3-6,10,15H2,1-2H3. The molecule has 0 amide bonds. The minimum atomic E-state index is 0.227. The maximum atomic E-state index is 8.85. The predicted molar refractivity (Wildman–Crippen MR) is 76.0 cm³/mol. The lowest BCUT2D eigenvalue weighted by Gasteiger charge is -2.14. The summed E-state index contributed by atoms with van der Waals surface area (Å²) in [5.41, 5.74) is 7.50. The van der Waals surface area contributed by atoms with E-state index >= 15 is 0 Å². The van der Waals surface area contributed by atoms with E-state index in [1.54, 1.807) is 0 Å². The molecule has 0 aromatic heterocycles. The number of aliphatic hydroxyl groups is 1. The van der Waals surface area contributed by atoms with E-state index in [1.165, 1.54) is 0 Å². The second kappa shape index (κ2) is 7.82. The first-order valence-electron chi connectivity index (χ1n) is 6.53. The highest BCUT2D eigenvalue weighted by atomic mass is 16.5. The van der Waals surface area contributed by atoms with E-state index < -0.39 is 0 Å². The number of hydrogen-bond donors (Lipinski definition) is 3. The van der Waals surface area contributed by atoms with E-state index in [0.29, 0.717) is 18.2 Å². The van der Waals surface area contributed by atoms with Crippen LogP contribution in [0.1, 0.15) is 26.7 Å². The fourth-order valence-corrected chi connectivity index (χ4v) is 1.64. The Bertz CT molecular complexity index is 356. The Hall–Kier alpha value is -1.42. The van der Waals surface area contributed by atoms with Crippen LogP contribution in [0.25, 0.3) is 0 Å². The van der Waals surface area contributed by atoms with Crippen LogP contribution in [0.2, 0.25) is 0 Å². The first kappa shape index (κ1) is 14.6. The molecule has 4 nitrogen and oxygen atoms in total. The predicted octanol–water partition coefficient (Wildman–Crippen LogP) is 2.49. The summed E-state index contributed by atoms with van der Waals surface area (Å²) in [5, 5.41) is 12.2. The van der Waals surface area contributed by atoms with Gasteiger partial charge in [-0.25, -0.2) is 0 Å². The SMILES string of the molecule is CCCOc1cc(N)cc(NCC(C)CCO)c1. The van der Waals surface area contributed by atoms with Gasteiger partial charge >= 0.3 is 0 Å². The van der Waals surface area contributed by atoms with Gasteiger partial charge in [-0.3, -0.25) is 0 Å². The molecule has 0 saturated heterocycles. The quantitative estimate of drug-likeness (QED) is 0.622. The maximum absolute atomic E-state index is 8.85. The average Bonchev–Trinajstić information content (AvgIpc) is 2.34. The number of nitrogens with one attached hydrogen (secondary N) is 1. The van der Waals surface area contributed by atoms with E-state index in [2.05, 4.69) is 19.2 Å². The third kappa shape index (κ3) is 5.27. The molecule has 102 valence electrons. The second-order valence-corrected chi connectivity index (χ2v) is 4.64. The van der Waals surface area contributed by atoms with Gasteiger partial charge in [0.25, 0.3) is 0 Å². The molecule has 4 N–H and O–H groups in total. The number of aliphatic hydroxyl groups excluding tert-OH is 1. The van der Waals surface area contributed by atoms with Crippen LogP contribution in [0, 0.1) is 5.92 Å². The Kier molecular flexibility index (Phi) is 6.36. The summed E-state index contributed by atoms with van der Waals surface area (Å²) in [7, 11) is 0. The monoisotopic (exact) mass is 252 g/mol. The summed E-state index contributed by atoms with van der Waals surface area (Å²) in [4.78, 5) is 0. The first-order valence-corrected chi connectivity index (χ1v) is 6.53. The van der Waals surface area contributed by atoms with E-state index in [1.807, 2.05) is 18.2 Å². The zero-order valence-corrected chi connectivity index (χ0v) is 11.3. The van der Waals surface area contributed by atoms with Gasteiger partial charge in [0.2, 0.25) is 0 Å². The van der Waals surface area contributed by atoms with Crippen molar-refractivity contribution in [3.63, 3.8) is 0 Å². The Morgan fingerprint density at radius 1 is 1.39 bits per heavy atom. The van der Waals surface area contributed by atoms with Gasteiger partial charge in [0, 0.05) is 36.7 Å². The number of anilines is 2. The van der Waals surface area contributed by atoms with Crippen molar-refractivity contribution in [2.24, 2.45) is 5.92 Å². The number of nitrogens with two attached hydrogens (primary N) is 1. The van der Waals surface area contributed by atoms with Gasteiger partial charge in [0.15, 0.2) is 0 Å². The smallest absolute Gasteiger partial charge is 0.123 e. The molecule has 1 atom stereocenters. The number of nitrogen functional groups attached to an aromatic ring is 1. The van der Waals surface area contributed by atoms with Crippen molar-refractivity contribution < 1.29 is 9.84 Å². The third-order valence-corrected chi connectivity index (χ3v) is 2.68. The lowest BCUT2D eigenvalue weighted by molar-refractivity contribution is 0.266. The molecule has 0 fully saturated rings. The number of hydrogen-bond acceptors (Lipinski definition) is 4. The number of ether oxygens (including phenoxy) is 1. The van der Waals surface area contributed by atoms with Crippen LogP contribution in [0.5, 0.6) is 5.75 Å². The molecule has 1 unspecified atom stereocenters. The summed E-state index contributed by atoms with van der Waals surface area (Å²) in [6, 6.07) is 5.68. The zero-order chi connectivity index (χ0) is 13.4. The molecule has 1 aromatic carbocycles. The van der Waals surface area contributed by atoms with E-state index in [4.69, 9.17) is 15.6 Å². The topological polar surface area (TPSA) is 67.5 Å². The van der Waals surface area contributed by atoms with Crippen molar-refractivity contribution in [2.75, 3.05) is 30.8 Å². The molecular weight excluding hydrogens is 228 g/mol. The molecule has 0 saturated carbocycles. The molecular formula is C14H24N2O2. The highest BCUT2D eigenvalue weighted by molar-refractivity contribution is 5.59. The minimum absolute atomic E-state index is 0.227. The Labute approximate surface area is 109 Å². The van der Waals surface area contributed by atoms with E-state index in [9.17, 15) is 0 Å². The largest absolute Gasteiger partial charge is 0.493 e. The van der Waals surface area contributed by atoms with Gasteiger partial charge in [-0.1, -0.05) is 13.8 Å². The van der Waals surface area contributed by atoms with Crippen molar-refractivity contribution in [3.05, 3.63) is 18.2 Å². The molecule has 18 heavy (non-hydrogen) atoms. The summed E-state index contributed by atoms with van der Waals surface area (Å²) in [6.45, 7) is 5.91. The molecule has 0 radical (unpaired) electrons. The molecule has 1 aromatic rings. The Morgan fingerprint density at radius 3 is 2.83 bits per heavy atom. The van der Waals surface area contributed by atoms with Gasteiger partial charge in [0.1, 0.15) is 5.75 Å². The van der Waals surface area contributed by atoms with Gasteiger partial charge in [-0.2, -0.15) is 0 Å². The van der Waals surface area contributed by atoms with Gasteiger partial charge in [0.05, 0.1) is 6.61 Å². The van der Waals surface area contributed by atoms with Gasteiger partial charge in [-0.15, -0.1) is 0 Å². The minimum Gasteiger partial charge on any atom is -0.493 e. The van der Waals surface area contributed by atoms with Crippen molar-refractivity contribution in [2.45, 2.75) is 26.7 Å². The third-order valence-electron chi connectivity index (χ3n) is 2.68. The average molecular weight is 252 g/mol. The molecule has 0 heterocycles. The molecule has 0 spiro atoms. The number of rotatable bonds is 8. The Morgan fingerprint density at radius 2 is 2.17 bits per heavy atom. The van der Waals surface area contributed by atoms with Crippen LogP contribution in [-0.2, 0) is 0 Å². The zero-order valence-electron chi connectivity index (χ0n) is 11.3. The normalized spacial score (nSPS) is 12.2. The van der Waals surface area contributed by atoms with Crippen LogP contribution in [0.3, 0.4) is 0 Å². The van der Waals surface area contributed by atoms with Gasteiger partial charge in [-0.05, 0) is 24.8 Å².